The fraction of sp³-hybridized carbons (Fsp3) is 1.00. The van der Waals surface area contributed by atoms with Gasteiger partial charge in [-0.3, -0.25) is 0 Å². The van der Waals surface area contributed by atoms with E-state index in [2.05, 4.69) is 10.2 Å². The second-order valence-corrected chi connectivity index (χ2v) is 8.07. The molecule has 0 amide bonds. The van der Waals surface area contributed by atoms with Crippen molar-refractivity contribution >= 4 is 9.84 Å². The first kappa shape index (κ1) is 17.9. The van der Waals surface area contributed by atoms with Crippen molar-refractivity contribution in [2.75, 3.05) is 57.9 Å². The molecule has 0 saturated carbocycles. The summed E-state index contributed by atoms with van der Waals surface area (Å²) in [5.74, 6) is 1.28. The molecule has 1 saturated heterocycles. The quantitative estimate of drug-likeness (QED) is 0.604. The monoisotopic (exact) mass is 306 g/mol. The number of nitrogens with zero attached hydrogens (tertiary/aromatic N) is 1. The molecule has 6 heteroatoms. The van der Waals surface area contributed by atoms with Crippen molar-refractivity contribution in [1.82, 2.24) is 10.2 Å². The van der Waals surface area contributed by atoms with Crippen molar-refractivity contribution in [2.24, 2.45) is 5.92 Å². The molecule has 0 bridgehead atoms. The maximum absolute atomic E-state index is 11.5. The molecule has 1 N–H and O–H groups in total. The third-order valence-electron chi connectivity index (χ3n) is 3.89. The van der Waals surface area contributed by atoms with Crippen molar-refractivity contribution in [3.05, 3.63) is 0 Å². The second-order valence-electron chi connectivity index (χ2n) is 5.60. The average Bonchev–Trinajstić information content (AvgIpc) is 2.44. The molecular formula is C14H30N2O3S. The van der Waals surface area contributed by atoms with Crippen LogP contribution in [0, 0.1) is 5.92 Å². The van der Waals surface area contributed by atoms with E-state index in [0.29, 0.717) is 11.7 Å². The van der Waals surface area contributed by atoms with Gasteiger partial charge < -0.3 is 15.0 Å². The van der Waals surface area contributed by atoms with E-state index in [9.17, 15) is 8.42 Å². The molecule has 1 fully saturated rings. The largest absolute Gasteiger partial charge is 0.383 e. The fourth-order valence-electron chi connectivity index (χ4n) is 2.65. The van der Waals surface area contributed by atoms with E-state index in [1.54, 1.807) is 14.0 Å². The molecule has 0 radical (unpaired) electrons. The standard InChI is InChI=1S/C14H30N2O3S/c1-3-20(17,18)11-5-9-16-8-4-6-14(13-16)12-15-7-10-19-2/h14-15H,3-13H2,1-2H3. The molecule has 0 aromatic carbocycles. The maximum Gasteiger partial charge on any atom is 0.150 e. The van der Waals surface area contributed by atoms with Gasteiger partial charge in [-0.15, -0.1) is 0 Å². The smallest absolute Gasteiger partial charge is 0.150 e. The molecule has 1 rings (SSSR count). The first-order valence-corrected chi connectivity index (χ1v) is 9.52. The average molecular weight is 306 g/mol. The minimum absolute atomic E-state index is 0.263. The molecule has 120 valence electrons. The van der Waals surface area contributed by atoms with Gasteiger partial charge in [-0.25, -0.2) is 8.42 Å². The molecular weight excluding hydrogens is 276 g/mol. The van der Waals surface area contributed by atoms with Crippen LogP contribution in [0.25, 0.3) is 0 Å². The summed E-state index contributed by atoms with van der Waals surface area (Å²) >= 11 is 0. The number of hydrogen-bond donors (Lipinski definition) is 1. The summed E-state index contributed by atoms with van der Waals surface area (Å²) < 4.78 is 28.0. The van der Waals surface area contributed by atoms with E-state index in [4.69, 9.17) is 4.74 Å². The van der Waals surface area contributed by atoms with E-state index in [-0.39, 0.29) is 5.75 Å². The summed E-state index contributed by atoms with van der Waals surface area (Å²) in [6.45, 7) is 7.53. The lowest BCUT2D eigenvalue weighted by atomic mass is 9.98. The number of ether oxygens (including phenoxy) is 1. The summed E-state index contributed by atoms with van der Waals surface area (Å²) in [6, 6.07) is 0. The zero-order valence-electron chi connectivity index (χ0n) is 12.9. The minimum Gasteiger partial charge on any atom is -0.383 e. The Bertz CT molecular complexity index is 346. The molecule has 0 aromatic rings. The van der Waals surface area contributed by atoms with Crippen molar-refractivity contribution in [1.29, 1.82) is 0 Å². The van der Waals surface area contributed by atoms with E-state index in [1.807, 2.05) is 0 Å². The Kier molecular flexibility index (Phi) is 8.68. The molecule has 0 spiro atoms. The van der Waals surface area contributed by atoms with Crippen LogP contribution in [0.5, 0.6) is 0 Å². The highest BCUT2D eigenvalue weighted by Gasteiger charge is 2.19. The van der Waals surface area contributed by atoms with Crippen LogP contribution in [-0.4, -0.2) is 71.3 Å². The van der Waals surface area contributed by atoms with Gasteiger partial charge in [-0.05, 0) is 44.8 Å². The topological polar surface area (TPSA) is 58.6 Å². The van der Waals surface area contributed by atoms with Crippen LogP contribution in [0.3, 0.4) is 0 Å². The Labute approximate surface area is 124 Å². The summed E-state index contributed by atoms with van der Waals surface area (Å²) in [7, 11) is -1.09. The highest BCUT2D eigenvalue weighted by atomic mass is 32.2. The van der Waals surface area contributed by atoms with Gasteiger partial charge in [-0.1, -0.05) is 6.92 Å². The Balaban J connectivity index is 2.17. The molecule has 20 heavy (non-hydrogen) atoms. The Hall–Kier alpha value is -0.170. The number of piperidine rings is 1. The number of likely N-dealkylation sites (tertiary alicyclic amines) is 1. The predicted octanol–water partition coefficient (Wildman–Crippen LogP) is 0.759. The molecule has 0 aliphatic carbocycles. The van der Waals surface area contributed by atoms with Crippen LogP contribution in [0.4, 0.5) is 0 Å². The van der Waals surface area contributed by atoms with Crippen molar-refractivity contribution in [2.45, 2.75) is 26.2 Å². The highest BCUT2D eigenvalue weighted by molar-refractivity contribution is 7.91. The van der Waals surface area contributed by atoms with Crippen LogP contribution in [0.15, 0.2) is 0 Å². The van der Waals surface area contributed by atoms with Gasteiger partial charge in [0.15, 0.2) is 0 Å². The van der Waals surface area contributed by atoms with Crippen LogP contribution in [0.1, 0.15) is 26.2 Å². The third-order valence-corrected chi connectivity index (χ3v) is 5.68. The first-order valence-electron chi connectivity index (χ1n) is 7.70. The molecule has 0 aromatic heterocycles. The number of nitrogens with one attached hydrogen (secondary N) is 1. The summed E-state index contributed by atoms with van der Waals surface area (Å²) in [6.07, 6.45) is 3.25. The van der Waals surface area contributed by atoms with Crippen molar-refractivity contribution in [3.8, 4) is 0 Å². The molecule has 1 unspecified atom stereocenters. The van der Waals surface area contributed by atoms with Crippen molar-refractivity contribution in [3.63, 3.8) is 0 Å². The predicted molar refractivity (Wildman–Crippen MR) is 82.9 cm³/mol. The van der Waals surface area contributed by atoms with Crippen LogP contribution >= 0.6 is 0 Å². The van der Waals surface area contributed by atoms with Gasteiger partial charge in [0.25, 0.3) is 0 Å². The van der Waals surface area contributed by atoms with Crippen molar-refractivity contribution < 1.29 is 13.2 Å². The van der Waals surface area contributed by atoms with Gasteiger partial charge in [0.2, 0.25) is 0 Å². The fourth-order valence-corrected chi connectivity index (χ4v) is 3.51. The Morgan fingerprint density at radius 1 is 1.40 bits per heavy atom. The normalized spacial score (nSPS) is 21.2. The van der Waals surface area contributed by atoms with E-state index in [1.165, 1.54) is 12.8 Å². The molecule has 5 nitrogen and oxygen atoms in total. The number of methoxy groups -OCH3 is 1. The number of sulfone groups is 1. The van der Waals surface area contributed by atoms with Gasteiger partial charge in [-0.2, -0.15) is 0 Å². The van der Waals surface area contributed by atoms with Crippen LogP contribution in [-0.2, 0) is 14.6 Å². The lowest BCUT2D eigenvalue weighted by molar-refractivity contribution is 0.165. The lowest BCUT2D eigenvalue weighted by Gasteiger charge is -2.32. The lowest BCUT2D eigenvalue weighted by Crippen LogP contribution is -2.40. The summed E-state index contributed by atoms with van der Waals surface area (Å²) in [4.78, 5) is 2.41. The van der Waals surface area contributed by atoms with Gasteiger partial charge in [0.05, 0.1) is 12.4 Å². The number of hydrogen-bond acceptors (Lipinski definition) is 5. The van der Waals surface area contributed by atoms with Gasteiger partial charge in [0, 0.05) is 26.0 Å². The van der Waals surface area contributed by atoms with Crippen LogP contribution in [0.2, 0.25) is 0 Å². The SMILES string of the molecule is CCS(=O)(=O)CCCN1CCCC(CNCCOC)C1. The minimum atomic E-state index is -2.81. The van der Waals surface area contributed by atoms with E-state index in [0.717, 1.165) is 45.8 Å². The third kappa shape index (κ3) is 7.57. The summed E-state index contributed by atoms with van der Waals surface area (Å²) in [5.41, 5.74) is 0. The first-order chi connectivity index (χ1) is 9.57. The zero-order chi connectivity index (χ0) is 14.8. The molecule has 1 heterocycles. The second kappa shape index (κ2) is 9.71. The number of rotatable bonds is 10. The van der Waals surface area contributed by atoms with Gasteiger partial charge in [0.1, 0.15) is 9.84 Å². The van der Waals surface area contributed by atoms with E-state index >= 15 is 0 Å². The molecule has 1 atom stereocenters. The highest BCUT2D eigenvalue weighted by Crippen LogP contribution is 2.16. The van der Waals surface area contributed by atoms with Crippen LogP contribution < -0.4 is 5.32 Å². The maximum atomic E-state index is 11.5. The zero-order valence-corrected chi connectivity index (χ0v) is 13.8. The Morgan fingerprint density at radius 3 is 2.90 bits per heavy atom. The summed E-state index contributed by atoms with van der Waals surface area (Å²) in [5, 5.41) is 3.42. The van der Waals surface area contributed by atoms with Gasteiger partial charge >= 0.3 is 0 Å². The molecule has 1 aliphatic rings. The Morgan fingerprint density at radius 2 is 2.20 bits per heavy atom. The van der Waals surface area contributed by atoms with E-state index < -0.39 is 9.84 Å². The molecule has 1 aliphatic heterocycles.